The van der Waals surface area contributed by atoms with E-state index in [9.17, 15) is 9.59 Å². The van der Waals surface area contributed by atoms with E-state index in [1.165, 1.54) is 0 Å². The number of rotatable bonds is 4. The van der Waals surface area contributed by atoms with Crippen LogP contribution in [0.25, 0.3) is 0 Å². The molecule has 86 valence electrons. The number of ketones is 1. The fourth-order valence-electron chi connectivity index (χ4n) is 1.66. The molecule has 1 fully saturated rings. The molecule has 5 nitrogen and oxygen atoms in total. The predicted octanol–water partition coefficient (Wildman–Crippen LogP) is 0.514. The molecule has 0 atom stereocenters. The van der Waals surface area contributed by atoms with Crippen molar-refractivity contribution in [3.63, 3.8) is 0 Å². The third kappa shape index (κ3) is 1.70. The number of carbonyl (C=O) groups is 2. The van der Waals surface area contributed by atoms with Gasteiger partial charge in [-0.1, -0.05) is 0 Å². The van der Waals surface area contributed by atoms with E-state index in [1.54, 1.807) is 0 Å². The van der Waals surface area contributed by atoms with Crippen LogP contribution in [0.1, 0.15) is 38.4 Å². The maximum absolute atomic E-state index is 12.0. The third-order valence-electron chi connectivity index (χ3n) is 2.59. The van der Waals surface area contributed by atoms with Gasteiger partial charge in [-0.05, 0) is 12.8 Å². The monoisotopic (exact) mass is 240 g/mol. The van der Waals surface area contributed by atoms with Crippen molar-refractivity contribution in [2.75, 3.05) is 5.73 Å². The number of Topliss-reactive ketones (excluding diaryl/α,β-unsaturated/α-hetero) is 1. The molecule has 1 aliphatic carbocycles. The standard InChI is InChI=1S/C10H12N2O3S/c11-9(15)7-6(8(14)4-1-2-4)5(3-13)16-10(7)12/h4,13H,1-3,12H2,(H2,11,15). The van der Waals surface area contributed by atoms with Gasteiger partial charge in [-0.15, -0.1) is 11.3 Å². The summed E-state index contributed by atoms with van der Waals surface area (Å²) in [6, 6.07) is 0. The molecule has 1 saturated carbocycles. The molecule has 16 heavy (non-hydrogen) atoms. The van der Waals surface area contributed by atoms with Crippen molar-refractivity contribution in [1.82, 2.24) is 0 Å². The van der Waals surface area contributed by atoms with Gasteiger partial charge in [0.25, 0.3) is 5.91 Å². The normalized spacial score (nSPS) is 15.1. The van der Waals surface area contributed by atoms with E-state index < -0.39 is 5.91 Å². The molecule has 1 aromatic heterocycles. The smallest absolute Gasteiger partial charge is 0.252 e. The number of carbonyl (C=O) groups excluding carboxylic acids is 2. The summed E-state index contributed by atoms with van der Waals surface area (Å²) in [5.41, 5.74) is 11.1. The van der Waals surface area contributed by atoms with Gasteiger partial charge in [0.1, 0.15) is 0 Å². The van der Waals surface area contributed by atoms with Gasteiger partial charge in [0.05, 0.1) is 17.2 Å². The Morgan fingerprint density at radius 2 is 2.00 bits per heavy atom. The Morgan fingerprint density at radius 3 is 2.44 bits per heavy atom. The van der Waals surface area contributed by atoms with Gasteiger partial charge >= 0.3 is 0 Å². The summed E-state index contributed by atoms with van der Waals surface area (Å²) >= 11 is 1.05. The second-order valence-electron chi connectivity index (χ2n) is 3.80. The molecule has 1 amide bonds. The van der Waals surface area contributed by atoms with Crippen molar-refractivity contribution in [3.8, 4) is 0 Å². The van der Waals surface area contributed by atoms with Gasteiger partial charge in [0, 0.05) is 16.4 Å². The van der Waals surface area contributed by atoms with Crippen LogP contribution in [0, 0.1) is 5.92 Å². The highest BCUT2D eigenvalue weighted by molar-refractivity contribution is 7.16. The number of amides is 1. The molecule has 1 aliphatic rings. The third-order valence-corrected chi connectivity index (χ3v) is 3.60. The van der Waals surface area contributed by atoms with Crippen molar-refractivity contribution in [2.24, 2.45) is 11.7 Å². The number of thiophene rings is 1. The van der Waals surface area contributed by atoms with E-state index in [0.717, 1.165) is 24.2 Å². The molecule has 6 heteroatoms. The first-order chi connectivity index (χ1) is 7.56. The second-order valence-corrected chi connectivity index (χ2v) is 4.94. The summed E-state index contributed by atoms with van der Waals surface area (Å²) in [7, 11) is 0. The average Bonchev–Trinajstić information content (AvgIpc) is 3.00. The van der Waals surface area contributed by atoms with Crippen molar-refractivity contribution < 1.29 is 14.7 Å². The highest BCUT2D eigenvalue weighted by atomic mass is 32.1. The minimum absolute atomic E-state index is 0.0302. The lowest BCUT2D eigenvalue weighted by molar-refractivity contribution is 0.0946. The molecule has 5 N–H and O–H groups in total. The molecule has 0 saturated heterocycles. The lowest BCUT2D eigenvalue weighted by atomic mass is 10.0. The Hall–Kier alpha value is -1.40. The highest BCUT2D eigenvalue weighted by Gasteiger charge is 2.35. The number of anilines is 1. The maximum atomic E-state index is 12.0. The summed E-state index contributed by atoms with van der Waals surface area (Å²) in [4.78, 5) is 23.6. The van der Waals surface area contributed by atoms with Crippen molar-refractivity contribution >= 4 is 28.0 Å². The Morgan fingerprint density at radius 1 is 1.38 bits per heavy atom. The minimum Gasteiger partial charge on any atom is -0.391 e. The number of nitrogen functional groups attached to an aromatic ring is 1. The van der Waals surface area contributed by atoms with Crippen molar-refractivity contribution in [2.45, 2.75) is 19.4 Å². The number of hydrogen-bond acceptors (Lipinski definition) is 5. The van der Waals surface area contributed by atoms with Gasteiger partial charge in [-0.25, -0.2) is 0 Å². The van der Waals surface area contributed by atoms with E-state index in [4.69, 9.17) is 16.6 Å². The molecular weight excluding hydrogens is 228 g/mol. The summed E-state index contributed by atoms with van der Waals surface area (Å²) in [6.45, 7) is -0.296. The molecule has 2 rings (SSSR count). The van der Waals surface area contributed by atoms with Crippen LogP contribution >= 0.6 is 11.3 Å². The molecule has 0 unspecified atom stereocenters. The van der Waals surface area contributed by atoms with E-state index in [2.05, 4.69) is 0 Å². The van der Waals surface area contributed by atoms with Crippen LogP contribution in [0.15, 0.2) is 0 Å². The number of aliphatic hydroxyl groups excluding tert-OH is 1. The van der Waals surface area contributed by atoms with Crippen LogP contribution in [0.4, 0.5) is 5.00 Å². The molecule has 0 aromatic carbocycles. The zero-order chi connectivity index (χ0) is 11.9. The van der Waals surface area contributed by atoms with Crippen LogP contribution in [-0.2, 0) is 6.61 Å². The number of aliphatic hydroxyl groups is 1. The average molecular weight is 240 g/mol. The predicted molar refractivity (Wildman–Crippen MR) is 60.2 cm³/mol. The lowest BCUT2D eigenvalue weighted by Gasteiger charge is -2.02. The summed E-state index contributed by atoms with van der Waals surface area (Å²) in [5, 5.41) is 9.35. The maximum Gasteiger partial charge on any atom is 0.252 e. The Labute approximate surface area is 96.1 Å². The minimum atomic E-state index is -0.711. The largest absolute Gasteiger partial charge is 0.391 e. The number of nitrogens with two attached hydrogens (primary N) is 2. The SMILES string of the molecule is NC(=O)c1c(N)sc(CO)c1C(=O)C1CC1. The van der Waals surface area contributed by atoms with Gasteiger partial charge in [-0.3, -0.25) is 9.59 Å². The Balaban J connectivity index is 2.54. The van der Waals surface area contributed by atoms with E-state index >= 15 is 0 Å². The zero-order valence-electron chi connectivity index (χ0n) is 8.53. The molecular formula is C10H12N2O3S. The number of primary amides is 1. The van der Waals surface area contributed by atoms with Crippen molar-refractivity contribution in [3.05, 3.63) is 16.0 Å². The van der Waals surface area contributed by atoms with Gasteiger partial charge in [-0.2, -0.15) is 0 Å². The fourth-order valence-corrected chi connectivity index (χ4v) is 2.60. The summed E-state index contributed by atoms with van der Waals surface area (Å²) in [6.07, 6.45) is 1.66. The molecule has 1 aromatic rings. The molecule has 0 spiro atoms. The van der Waals surface area contributed by atoms with Crippen LogP contribution in [0.2, 0.25) is 0 Å². The van der Waals surface area contributed by atoms with Gasteiger partial charge in [0.2, 0.25) is 0 Å². The van der Waals surface area contributed by atoms with Crippen LogP contribution in [-0.4, -0.2) is 16.8 Å². The van der Waals surface area contributed by atoms with Crippen molar-refractivity contribution in [1.29, 1.82) is 0 Å². The van der Waals surface area contributed by atoms with E-state index in [1.807, 2.05) is 0 Å². The summed E-state index contributed by atoms with van der Waals surface area (Å²) in [5.74, 6) is -0.861. The fraction of sp³-hybridized carbons (Fsp3) is 0.400. The first kappa shape index (κ1) is 11.1. The topological polar surface area (TPSA) is 106 Å². The Kier molecular flexibility index (Phi) is 2.69. The van der Waals surface area contributed by atoms with Crippen LogP contribution in [0.3, 0.4) is 0 Å². The molecule has 0 radical (unpaired) electrons. The quantitative estimate of drug-likeness (QED) is 0.667. The molecule has 0 bridgehead atoms. The van der Waals surface area contributed by atoms with Crippen LogP contribution < -0.4 is 11.5 Å². The Bertz CT molecular complexity index is 463. The first-order valence-electron chi connectivity index (χ1n) is 4.92. The first-order valence-corrected chi connectivity index (χ1v) is 5.74. The van der Waals surface area contributed by atoms with Crippen LogP contribution in [0.5, 0.6) is 0 Å². The number of hydrogen-bond donors (Lipinski definition) is 3. The van der Waals surface area contributed by atoms with E-state index in [-0.39, 0.29) is 34.4 Å². The van der Waals surface area contributed by atoms with Gasteiger partial charge < -0.3 is 16.6 Å². The lowest BCUT2D eigenvalue weighted by Crippen LogP contribution is -2.17. The second kappa shape index (κ2) is 3.88. The zero-order valence-corrected chi connectivity index (χ0v) is 9.34. The molecule has 0 aliphatic heterocycles. The molecule has 1 heterocycles. The highest BCUT2D eigenvalue weighted by Crippen LogP contribution is 2.39. The van der Waals surface area contributed by atoms with E-state index in [0.29, 0.717) is 4.88 Å². The summed E-state index contributed by atoms with van der Waals surface area (Å²) < 4.78 is 0. The van der Waals surface area contributed by atoms with Gasteiger partial charge in [0.15, 0.2) is 5.78 Å².